The standard InChI is InChI=1S/C10H16O2/c1-3-9-5-4-6-10(7-9)12-8(2)11/h3,9-10H,1,4-7H2,2H3/t9-,10+/m0/s1. The number of hydrogen-bond acceptors (Lipinski definition) is 2. The summed E-state index contributed by atoms with van der Waals surface area (Å²) < 4.78 is 5.14. The zero-order valence-corrected chi connectivity index (χ0v) is 7.58. The highest BCUT2D eigenvalue weighted by molar-refractivity contribution is 5.66. The molecule has 0 saturated heterocycles. The SMILES string of the molecule is C=C[C@H]1CCC[C@@H](OC(C)=O)C1. The molecule has 0 aromatic carbocycles. The second-order valence-corrected chi connectivity index (χ2v) is 3.39. The molecule has 0 heterocycles. The highest BCUT2D eigenvalue weighted by Gasteiger charge is 2.21. The smallest absolute Gasteiger partial charge is 0.302 e. The molecule has 0 spiro atoms. The van der Waals surface area contributed by atoms with Gasteiger partial charge in [0.05, 0.1) is 0 Å². The van der Waals surface area contributed by atoms with Crippen molar-refractivity contribution in [1.82, 2.24) is 0 Å². The predicted molar refractivity (Wildman–Crippen MR) is 47.7 cm³/mol. The van der Waals surface area contributed by atoms with Gasteiger partial charge in [-0.2, -0.15) is 0 Å². The lowest BCUT2D eigenvalue weighted by Crippen LogP contribution is -2.23. The Hall–Kier alpha value is -0.790. The summed E-state index contributed by atoms with van der Waals surface area (Å²) in [6.45, 7) is 5.23. The molecule has 0 radical (unpaired) electrons. The van der Waals surface area contributed by atoms with E-state index < -0.39 is 0 Å². The Labute approximate surface area is 73.6 Å². The Morgan fingerprint density at radius 1 is 1.58 bits per heavy atom. The van der Waals surface area contributed by atoms with Crippen LogP contribution in [0.15, 0.2) is 12.7 Å². The van der Waals surface area contributed by atoms with Gasteiger partial charge < -0.3 is 4.74 Å². The number of carbonyl (C=O) groups is 1. The third-order valence-electron chi connectivity index (χ3n) is 2.33. The molecule has 0 aromatic heterocycles. The minimum atomic E-state index is -0.162. The fourth-order valence-electron chi connectivity index (χ4n) is 1.74. The molecular weight excluding hydrogens is 152 g/mol. The molecule has 0 amide bonds. The van der Waals surface area contributed by atoms with Crippen LogP contribution in [0.4, 0.5) is 0 Å². The Morgan fingerprint density at radius 2 is 2.33 bits per heavy atom. The molecule has 1 fully saturated rings. The van der Waals surface area contributed by atoms with E-state index in [1.807, 2.05) is 6.08 Å². The van der Waals surface area contributed by atoms with Crippen molar-refractivity contribution in [3.63, 3.8) is 0 Å². The van der Waals surface area contributed by atoms with E-state index in [9.17, 15) is 4.79 Å². The maximum absolute atomic E-state index is 10.7. The van der Waals surface area contributed by atoms with Crippen molar-refractivity contribution in [1.29, 1.82) is 0 Å². The van der Waals surface area contributed by atoms with Crippen LogP contribution < -0.4 is 0 Å². The summed E-state index contributed by atoms with van der Waals surface area (Å²) in [5.74, 6) is 0.382. The zero-order valence-electron chi connectivity index (χ0n) is 7.58. The molecule has 1 saturated carbocycles. The number of ether oxygens (including phenoxy) is 1. The minimum Gasteiger partial charge on any atom is -0.463 e. The molecule has 0 aromatic rings. The van der Waals surface area contributed by atoms with Gasteiger partial charge in [0, 0.05) is 6.92 Å². The fraction of sp³-hybridized carbons (Fsp3) is 0.700. The van der Waals surface area contributed by atoms with Gasteiger partial charge in [0.25, 0.3) is 0 Å². The molecule has 0 unspecified atom stereocenters. The Balaban J connectivity index is 2.35. The van der Waals surface area contributed by atoms with Crippen LogP contribution in [0.2, 0.25) is 0 Å². The van der Waals surface area contributed by atoms with Crippen molar-refractivity contribution >= 4 is 5.97 Å². The number of esters is 1. The molecule has 0 aliphatic heterocycles. The maximum Gasteiger partial charge on any atom is 0.302 e. The summed E-state index contributed by atoms with van der Waals surface area (Å²) in [5.41, 5.74) is 0. The second kappa shape index (κ2) is 4.29. The first-order valence-electron chi connectivity index (χ1n) is 4.52. The van der Waals surface area contributed by atoms with E-state index in [-0.39, 0.29) is 12.1 Å². The average Bonchev–Trinajstić information content (AvgIpc) is 2.03. The zero-order chi connectivity index (χ0) is 8.97. The van der Waals surface area contributed by atoms with E-state index in [1.54, 1.807) is 0 Å². The van der Waals surface area contributed by atoms with Crippen LogP contribution in [0.25, 0.3) is 0 Å². The molecular formula is C10H16O2. The highest BCUT2D eigenvalue weighted by atomic mass is 16.5. The summed E-state index contributed by atoms with van der Waals surface area (Å²) in [4.78, 5) is 10.7. The van der Waals surface area contributed by atoms with Gasteiger partial charge in [-0.05, 0) is 31.6 Å². The van der Waals surface area contributed by atoms with Crippen LogP contribution in [-0.4, -0.2) is 12.1 Å². The summed E-state index contributed by atoms with van der Waals surface area (Å²) in [5, 5.41) is 0. The molecule has 12 heavy (non-hydrogen) atoms. The van der Waals surface area contributed by atoms with Gasteiger partial charge in [-0.3, -0.25) is 4.79 Å². The van der Waals surface area contributed by atoms with Crippen molar-refractivity contribution in [2.24, 2.45) is 5.92 Å². The Kier molecular flexibility index (Phi) is 3.32. The second-order valence-electron chi connectivity index (χ2n) is 3.39. The van der Waals surface area contributed by atoms with Crippen LogP contribution in [0, 0.1) is 5.92 Å². The monoisotopic (exact) mass is 168 g/mol. The molecule has 2 heteroatoms. The van der Waals surface area contributed by atoms with Gasteiger partial charge in [-0.15, -0.1) is 6.58 Å². The van der Waals surface area contributed by atoms with Gasteiger partial charge in [-0.1, -0.05) is 6.08 Å². The number of carbonyl (C=O) groups excluding carboxylic acids is 1. The highest BCUT2D eigenvalue weighted by Crippen LogP contribution is 2.26. The normalized spacial score (nSPS) is 29.4. The molecule has 2 atom stereocenters. The number of rotatable bonds is 2. The lowest BCUT2D eigenvalue weighted by molar-refractivity contribution is -0.148. The summed E-state index contributed by atoms with van der Waals surface area (Å²) >= 11 is 0. The van der Waals surface area contributed by atoms with E-state index in [4.69, 9.17) is 4.74 Å². The maximum atomic E-state index is 10.7. The van der Waals surface area contributed by atoms with E-state index in [0.717, 1.165) is 19.3 Å². The fourth-order valence-corrected chi connectivity index (χ4v) is 1.74. The van der Waals surface area contributed by atoms with Gasteiger partial charge in [0.1, 0.15) is 6.10 Å². The van der Waals surface area contributed by atoms with Crippen molar-refractivity contribution in [2.75, 3.05) is 0 Å². The van der Waals surface area contributed by atoms with Crippen molar-refractivity contribution in [3.8, 4) is 0 Å². The van der Waals surface area contributed by atoms with Crippen molar-refractivity contribution in [3.05, 3.63) is 12.7 Å². The van der Waals surface area contributed by atoms with Gasteiger partial charge in [0.2, 0.25) is 0 Å². The largest absolute Gasteiger partial charge is 0.463 e. The van der Waals surface area contributed by atoms with E-state index in [0.29, 0.717) is 5.92 Å². The first-order valence-corrected chi connectivity index (χ1v) is 4.52. The topological polar surface area (TPSA) is 26.3 Å². The third-order valence-corrected chi connectivity index (χ3v) is 2.33. The Bertz CT molecular complexity index is 175. The van der Waals surface area contributed by atoms with Crippen molar-refractivity contribution in [2.45, 2.75) is 38.7 Å². The third kappa shape index (κ3) is 2.68. The molecule has 0 N–H and O–H groups in total. The van der Waals surface area contributed by atoms with E-state index in [1.165, 1.54) is 13.3 Å². The lowest BCUT2D eigenvalue weighted by Gasteiger charge is -2.26. The molecule has 2 nitrogen and oxygen atoms in total. The van der Waals surface area contributed by atoms with Crippen molar-refractivity contribution < 1.29 is 9.53 Å². The van der Waals surface area contributed by atoms with Gasteiger partial charge >= 0.3 is 5.97 Å². The first kappa shape index (κ1) is 9.30. The van der Waals surface area contributed by atoms with Crippen LogP contribution in [0.5, 0.6) is 0 Å². The van der Waals surface area contributed by atoms with Gasteiger partial charge in [-0.25, -0.2) is 0 Å². The molecule has 1 aliphatic carbocycles. The first-order chi connectivity index (χ1) is 5.72. The molecule has 1 rings (SSSR count). The Morgan fingerprint density at radius 3 is 2.92 bits per heavy atom. The van der Waals surface area contributed by atoms with Gasteiger partial charge in [0.15, 0.2) is 0 Å². The number of hydrogen-bond donors (Lipinski definition) is 0. The summed E-state index contributed by atoms with van der Waals surface area (Å²) in [6, 6.07) is 0. The van der Waals surface area contributed by atoms with E-state index >= 15 is 0 Å². The average molecular weight is 168 g/mol. The minimum absolute atomic E-state index is 0.138. The van der Waals surface area contributed by atoms with E-state index in [2.05, 4.69) is 6.58 Å². The van der Waals surface area contributed by atoms with Crippen LogP contribution >= 0.6 is 0 Å². The van der Waals surface area contributed by atoms with Crippen LogP contribution in [-0.2, 0) is 9.53 Å². The lowest BCUT2D eigenvalue weighted by atomic mass is 9.87. The van der Waals surface area contributed by atoms with Crippen LogP contribution in [0.1, 0.15) is 32.6 Å². The predicted octanol–water partition coefficient (Wildman–Crippen LogP) is 2.29. The summed E-state index contributed by atoms with van der Waals surface area (Å²) in [7, 11) is 0. The molecule has 68 valence electrons. The van der Waals surface area contributed by atoms with Crippen LogP contribution in [0.3, 0.4) is 0 Å². The number of allylic oxidation sites excluding steroid dienone is 1. The molecule has 1 aliphatic rings. The summed E-state index contributed by atoms with van der Waals surface area (Å²) in [6.07, 6.45) is 6.43. The molecule has 0 bridgehead atoms. The quantitative estimate of drug-likeness (QED) is 0.467.